The van der Waals surface area contributed by atoms with E-state index in [-0.39, 0.29) is 23.6 Å². The van der Waals surface area contributed by atoms with Crippen molar-refractivity contribution in [2.75, 3.05) is 6.61 Å². The summed E-state index contributed by atoms with van der Waals surface area (Å²) in [7, 11) is 0. The van der Waals surface area contributed by atoms with E-state index in [0.29, 0.717) is 20.8 Å². The molecule has 1 N–H and O–H groups in total. The van der Waals surface area contributed by atoms with E-state index in [1.165, 1.54) is 18.2 Å². The van der Waals surface area contributed by atoms with Crippen molar-refractivity contribution in [3.05, 3.63) is 97.5 Å². The minimum Gasteiger partial charge on any atom is -0.483 e. The van der Waals surface area contributed by atoms with Gasteiger partial charge in [-0.05, 0) is 52.3 Å². The quantitative estimate of drug-likeness (QED) is 0.147. The second-order valence-corrected chi connectivity index (χ2v) is 7.68. The molecule has 0 atom stereocenters. The molecule has 9 nitrogen and oxygen atoms in total. The zero-order chi connectivity index (χ0) is 23.8. The van der Waals surface area contributed by atoms with Gasteiger partial charge in [0.1, 0.15) is 11.5 Å². The number of rotatable bonds is 8. The molecule has 0 bridgehead atoms. The highest BCUT2D eigenvalue weighted by Crippen LogP contribution is 2.28. The van der Waals surface area contributed by atoms with Crippen molar-refractivity contribution in [3.8, 4) is 11.5 Å². The number of non-ortho nitro benzene ring substituents is 1. The van der Waals surface area contributed by atoms with Gasteiger partial charge in [-0.3, -0.25) is 14.9 Å². The third kappa shape index (κ3) is 6.86. The lowest BCUT2D eigenvalue weighted by Gasteiger charge is -2.08. The Morgan fingerprint density at radius 3 is 2.52 bits per heavy atom. The number of nitrogens with one attached hydrogen (secondary N) is 1. The number of carbonyl (C=O) groups excluding carboxylic acids is 2. The summed E-state index contributed by atoms with van der Waals surface area (Å²) in [5.41, 5.74) is 2.43. The van der Waals surface area contributed by atoms with Crippen LogP contribution in [0.4, 0.5) is 5.69 Å². The molecule has 0 aliphatic heterocycles. The first-order valence-electron chi connectivity index (χ1n) is 9.29. The molecule has 3 rings (SSSR count). The standard InChI is InChI=1S/C22H15BrClN3O6/c23-18-11-16(24)6-8-20(18)32-13-21(28)26-25-12-15-10-17(27(30)31)7-9-19(15)33-22(29)14-4-2-1-3-5-14/h1-12H,13H2,(H,26,28)/b25-12+. The number of nitro benzene ring substituents is 1. The van der Waals surface area contributed by atoms with Gasteiger partial charge in [-0.1, -0.05) is 29.8 Å². The van der Waals surface area contributed by atoms with Crippen LogP contribution in [-0.4, -0.2) is 29.6 Å². The predicted octanol–water partition coefficient (Wildman–Crippen LogP) is 4.76. The molecule has 0 aromatic heterocycles. The Morgan fingerprint density at radius 2 is 1.82 bits per heavy atom. The molecule has 3 aromatic carbocycles. The van der Waals surface area contributed by atoms with E-state index in [4.69, 9.17) is 21.1 Å². The molecule has 0 spiro atoms. The highest BCUT2D eigenvalue weighted by atomic mass is 79.9. The maximum absolute atomic E-state index is 12.3. The maximum Gasteiger partial charge on any atom is 0.343 e. The highest BCUT2D eigenvalue weighted by Gasteiger charge is 2.15. The van der Waals surface area contributed by atoms with Crippen molar-refractivity contribution in [2.45, 2.75) is 0 Å². The summed E-state index contributed by atoms with van der Waals surface area (Å²) in [6.07, 6.45) is 1.14. The average molecular weight is 533 g/mol. The van der Waals surface area contributed by atoms with Crippen molar-refractivity contribution >= 4 is 51.3 Å². The number of hydrogen-bond acceptors (Lipinski definition) is 7. The molecule has 0 fully saturated rings. The Bertz CT molecular complexity index is 1220. The zero-order valence-electron chi connectivity index (χ0n) is 16.7. The lowest BCUT2D eigenvalue weighted by molar-refractivity contribution is -0.384. The number of ether oxygens (including phenoxy) is 2. The number of nitrogens with zero attached hydrogens (tertiary/aromatic N) is 2. The number of nitro groups is 1. The van der Waals surface area contributed by atoms with E-state index < -0.39 is 16.8 Å². The summed E-state index contributed by atoms with van der Waals surface area (Å²) in [5.74, 6) is -0.785. The van der Waals surface area contributed by atoms with E-state index in [9.17, 15) is 19.7 Å². The minimum atomic E-state index is -0.648. The topological polar surface area (TPSA) is 120 Å². The molecule has 3 aromatic rings. The molecule has 0 heterocycles. The fraction of sp³-hybridized carbons (Fsp3) is 0.0455. The lowest BCUT2D eigenvalue weighted by Crippen LogP contribution is -2.24. The molecule has 0 saturated carbocycles. The molecule has 33 heavy (non-hydrogen) atoms. The summed E-state index contributed by atoms with van der Waals surface area (Å²) in [6.45, 7) is -0.345. The number of amides is 1. The molecule has 0 aliphatic carbocycles. The van der Waals surface area contributed by atoms with Crippen molar-refractivity contribution in [1.82, 2.24) is 5.43 Å². The predicted molar refractivity (Wildman–Crippen MR) is 125 cm³/mol. The van der Waals surface area contributed by atoms with E-state index >= 15 is 0 Å². The van der Waals surface area contributed by atoms with Crippen molar-refractivity contribution in [2.24, 2.45) is 5.10 Å². The molecule has 0 unspecified atom stereocenters. The van der Waals surface area contributed by atoms with Crippen LogP contribution in [0.2, 0.25) is 5.02 Å². The van der Waals surface area contributed by atoms with Gasteiger partial charge in [-0.2, -0.15) is 5.10 Å². The highest BCUT2D eigenvalue weighted by molar-refractivity contribution is 9.10. The van der Waals surface area contributed by atoms with E-state index in [0.717, 1.165) is 6.21 Å². The second-order valence-electron chi connectivity index (χ2n) is 6.39. The normalized spacial score (nSPS) is 10.6. The van der Waals surface area contributed by atoms with E-state index in [1.54, 1.807) is 48.5 Å². The van der Waals surface area contributed by atoms with Crippen LogP contribution in [0.3, 0.4) is 0 Å². The van der Waals surface area contributed by atoms with Crippen LogP contribution in [0.15, 0.2) is 76.3 Å². The fourth-order valence-electron chi connectivity index (χ4n) is 2.52. The molecular formula is C22H15BrClN3O6. The Balaban J connectivity index is 1.68. The van der Waals surface area contributed by atoms with Gasteiger partial charge in [0.25, 0.3) is 11.6 Å². The largest absolute Gasteiger partial charge is 0.483 e. The van der Waals surface area contributed by atoms with Gasteiger partial charge in [-0.15, -0.1) is 0 Å². The average Bonchev–Trinajstić information content (AvgIpc) is 2.80. The van der Waals surface area contributed by atoms with Crippen LogP contribution >= 0.6 is 27.5 Å². The molecule has 168 valence electrons. The Labute approximate surface area is 201 Å². The first-order valence-corrected chi connectivity index (χ1v) is 10.5. The van der Waals surface area contributed by atoms with Gasteiger partial charge in [0.2, 0.25) is 0 Å². The fourth-order valence-corrected chi connectivity index (χ4v) is 3.32. The van der Waals surface area contributed by atoms with E-state index in [2.05, 4.69) is 26.5 Å². The zero-order valence-corrected chi connectivity index (χ0v) is 19.1. The van der Waals surface area contributed by atoms with Crippen molar-refractivity contribution in [3.63, 3.8) is 0 Å². The first-order chi connectivity index (χ1) is 15.8. The van der Waals surface area contributed by atoms with Crippen LogP contribution in [0, 0.1) is 10.1 Å². The monoisotopic (exact) mass is 531 g/mol. The maximum atomic E-state index is 12.3. The number of carbonyl (C=O) groups is 2. The lowest BCUT2D eigenvalue weighted by atomic mass is 10.2. The number of esters is 1. The van der Waals surface area contributed by atoms with Gasteiger partial charge in [0.15, 0.2) is 6.61 Å². The number of hydrazone groups is 1. The van der Waals surface area contributed by atoms with Gasteiger partial charge < -0.3 is 9.47 Å². The smallest absolute Gasteiger partial charge is 0.343 e. The van der Waals surface area contributed by atoms with Crippen LogP contribution in [0.25, 0.3) is 0 Å². The van der Waals surface area contributed by atoms with Crippen molar-refractivity contribution < 1.29 is 24.0 Å². The van der Waals surface area contributed by atoms with Gasteiger partial charge in [0, 0.05) is 22.7 Å². The van der Waals surface area contributed by atoms with Gasteiger partial charge >= 0.3 is 5.97 Å². The summed E-state index contributed by atoms with van der Waals surface area (Å²) in [4.78, 5) is 34.9. The van der Waals surface area contributed by atoms with Crippen LogP contribution in [0.1, 0.15) is 15.9 Å². The number of hydrogen-bond donors (Lipinski definition) is 1. The molecule has 11 heteroatoms. The summed E-state index contributed by atoms with van der Waals surface area (Å²) >= 11 is 9.13. The molecular weight excluding hydrogens is 518 g/mol. The summed E-state index contributed by atoms with van der Waals surface area (Å²) < 4.78 is 11.3. The van der Waals surface area contributed by atoms with Gasteiger partial charge in [-0.25, -0.2) is 10.2 Å². The molecule has 0 radical (unpaired) electrons. The van der Waals surface area contributed by atoms with Crippen LogP contribution in [0.5, 0.6) is 11.5 Å². The van der Waals surface area contributed by atoms with Crippen molar-refractivity contribution in [1.29, 1.82) is 0 Å². The third-order valence-corrected chi connectivity index (χ3v) is 4.92. The Morgan fingerprint density at radius 1 is 1.09 bits per heavy atom. The summed E-state index contributed by atoms with van der Waals surface area (Å²) in [6, 6.07) is 16.7. The number of benzene rings is 3. The molecule has 1 amide bonds. The molecule has 0 aliphatic rings. The Hall–Kier alpha value is -3.76. The minimum absolute atomic E-state index is 0.0359. The molecule has 0 saturated heterocycles. The third-order valence-electron chi connectivity index (χ3n) is 4.06. The number of halogens is 2. The summed E-state index contributed by atoms with van der Waals surface area (Å²) in [5, 5.41) is 15.4. The van der Waals surface area contributed by atoms with Gasteiger partial charge in [0.05, 0.1) is 21.2 Å². The van der Waals surface area contributed by atoms with Crippen LogP contribution in [-0.2, 0) is 4.79 Å². The van der Waals surface area contributed by atoms with Crippen LogP contribution < -0.4 is 14.9 Å². The second kappa shape index (κ2) is 11.2. The first kappa shape index (κ1) is 23.9. The Kier molecular flexibility index (Phi) is 8.11. The SMILES string of the molecule is O=C(COc1ccc(Cl)cc1Br)N/N=C/c1cc([N+](=O)[O-])ccc1OC(=O)c1ccccc1. The van der Waals surface area contributed by atoms with E-state index in [1.807, 2.05) is 0 Å².